The van der Waals surface area contributed by atoms with Gasteiger partial charge in [-0.2, -0.15) is 5.26 Å². The van der Waals surface area contributed by atoms with Crippen molar-refractivity contribution >= 4 is 11.8 Å². The van der Waals surface area contributed by atoms with E-state index >= 15 is 0 Å². The topological polar surface area (TPSA) is 23.8 Å². The van der Waals surface area contributed by atoms with Gasteiger partial charge in [-0.3, -0.25) is 0 Å². The minimum absolute atomic E-state index is 0.368. The third kappa shape index (κ3) is 3.37. The molecule has 0 aliphatic rings. The number of hydrogen-bond donors (Lipinski definition) is 0. The maximum atomic E-state index is 13.8. The normalized spacial score (nSPS) is 9.32. The minimum atomic E-state index is -0.399. The van der Waals surface area contributed by atoms with Crippen LogP contribution in [0.3, 0.4) is 0 Å². The van der Waals surface area contributed by atoms with Crippen LogP contribution < -0.4 is 0 Å². The van der Waals surface area contributed by atoms with E-state index in [1.54, 1.807) is 13.0 Å². The Kier molecular flexibility index (Phi) is 4.23. The molecular weight excluding hydrogens is 257 g/mol. The standard InChI is InChI=1S/C16H10FNS/c1-12-9-14(10-15(17)16(12)19-11-18)8-7-13-5-3-2-4-6-13/h2-6,9-10H,1H3. The van der Waals surface area contributed by atoms with Crippen LogP contribution in [-0.2, 0) is 0 Å². The Morgan fingerprint density at radius 1 is 1.05 bits per heavy atom. The second-order valence-corrected chi connectivity index (χ2v) is 4.71. The average molecular weight is 267 g/mol. The summed E-state index contributed by atoms with van der Waals surface area (Å²) in [5, 5.41) is 10.5. The number of aryl methyl sites for hydroxylation is 1. The van der Waals surface area contributed by atoms with Gasteiger partial charge in [0.2, 0.25) is 0 Å². The summed E-state index contributed by atoms with van der Waals surface area (Å²) in [5.41, 5.74) is 2.22. The van der Waals surface area contributed by atoms with Crippen LogP contribution in [0.4, 0.5) is 4.39 Å². The second kappa shape index (κ2) is 6.09. The fourth-order valence-electron chi connectivity index (χ4n) is 1.64. The zero-order chi connectivity index (χ0) is 13.7. The molecule has 0 unspecified atom stereocenters. The van der Waals surface area contributed by atoms with E-state index in [-0.39, 0.29) is 0 Å². The Bertz CT molecular complexity index is 667. The molecule has 1 nitrogen and oxygen atoms in total. The average Bonchev–Trinajstić information content (AvgIpc) is 2.42. The van der Waals surface area contributed by atoms with Crippen molar-refractivity contribution in [1.29, 1.82) is 5.26 Å². The highest BCUT2D eigenvalue weighted by molar-refractivity contribution is 8.03. The van der Waals surface area contributed by atoms with Crippen molar-refractivity contribution in [2.75, 3.05) is 0 Å². The molecule has 0 aliphatic carbocycles. The van der Waals surface area contributed by atoms with Crippen LogP contribution in [0, 0.1) is 35.2 Å². The van der Waals surface area contributed by atoms with E-state index in [2.05, 4.69) is 11.8 Å². The molecule has 0 bridgehead atoms. The molecule has 0 saturated heterocycles. The molecule has 0 fully saturated rings. The lowest BCUT2D eigenvalue weighted by atomic mass is 10.1. The van der Waals surface area contributed by atoms with Crippen molar-refractivity contribution in [3.05, 3.63) is 65.0 Å². The first-order valence-electron chi connectivity index (χ1n) is 5.64. The number of thioether (sulfide) groups is 1. The first-order chi connectivity index (χ1) is 9.20. The number of rotatable bonds is 1. The van der Waals surface area contributed by atoms with Crippen molar-refractivity contribution < 1.29 is 4.39 Å². The maximum Gasteiger partial charge on any atom is 0.139 e. The molecule has 92 valence electrons. The van der Waals surface area contributed by atoms with Crippen LogP contribution in [-0.4, -0.2) is 0 Å². The number of nitrogens with zero attached hydrogens (tertiary/aromatic N) is 1. The number of halogens is 1. The molecule has 2 rings (SSSR count). The van der Waals surface area contributed by atoms with Gasteiger partial charge in [-0.1, -0.05) is 30.0 Å². The summed E-state index contributed by atoms with van der Waals surface area (Å²) in [6.07, 6.45) is 0. The SMILES string of the molecule is Cc1cc(C#Cc2ccccc2)cc(F)c1SC#N. The third-order valence-corrected chi connectivity index (χ3v) is 3.31. The minimum Gasteiger partial charge on any atom is -0.206 e. The Morgan fingerprint density at radius 3 is 2.37 bits per heavy atom. The van der Waals surface area contributed by atoms with Gasteiger partial charge in [-0.25, -0.2) is 4.39 Å². The molecule has 19 heavy (non-hydrogen) atoms. The molecule has 2 aromatic rings. The van der Waals surface area contributed by atoms with E-state index in [9.17, 15) is 4.39 Å². The number of thiocyanates is 1. The fraction of sp³-hybridized carbons (Fsp3) is 0.0625. The Hall–Kier alpha value is -2.23. The van der Waals surface area contributed by atoms with Gasteiger partial charge in [-0.05, 0) is 48.5 Å². The Labute approximate surface area is 116 Å². The van der Waals surface area contributed by atoms with Crippen molar-refractivity contribution in [2.24, 2.45) is 0 Å². The van der Waals surface area contributed by atoms with Gasteiger partial charge in [-0.15, -0.1) is 0 Å². The van der Waals surface area contributed by atoms with Crippen LogP contribution in [0.5, 0.6) is 0 Å². The van der Waals surface area contributed by atoms with E-state index in [4.69, 9.17) is 5.26 Å². The molecular formula is C16H10FNS. The highest BCUT2D eigenvalue weighted by Gasteiger charge is 2.07. The van der Waals surface area contributed by atoms with Crippen LogP contribution >= 0.6 is 11.8 Å². The van der Waals surface area contributed by atoms with Gasteiger partial charge >= 0.3 is 0 Å². The van der Waals surface area contributed by atoms with Gasteiger partial charge in [0.15, 0.2) is 0 Å². The van der Waals surface area contributed by atoms with Gasteiger partial charge in [0.25, 0.3) is 0 Å². The van der Waals surface area contributed by atoms with Crippen LogP contribution in [0.15, 0.2) is 47.4 Å². The first kappa shape index (κ1) is 13.2. The molecule has 0 amide bonds. The summed E-state index contributed by atoms with van der Waals surface area (Å²) in [5.74, 6) is 5.51. The number of hydrogen-bond acceptors (Lipinski definition) is 2. The monoisotopic (exact) mass is 267 g/mol. The highest BCUT2D eigenvalue weighted by Crippen LogP contribution is 2.25. The highest BCUT2D eigenvalue weighted by atomic mass is 32.2. The molecule has 3 heteroatoms. The zero-order valence-electron chi connectivity index (χ0n) is 10.3. The predicted molar refractivity (Wildman–Crippen MR) is 75.0 cm³/mol. The Balaban J connectivity index is 2.34. The zero-order valence-corrected chi connectivity index (χ0v) is 11.1. The maximum absolute atomic E-state index is 13.8. The third-order valence-electron chi connectivity index (χ3n) is 2.50. The molecule has 0 heterocycles. The van der Waals surface area contributed by atoms with E-state index in [0.717, 1.165) is 22.9 Å². The van der Waals surface area contributed by atoms with Crippen molar-refractivity contribution in [3.63, 3.8) is 0 Å². The largest absolute Gasteiger partial charge is 0.206 e. The quantitative estimate of drug-likeness (QED) is 0.441. The molecule has 0 aliphatic heterocycles. The van der Waals surface area contributed by atoms with Gasteiger partial charge in [0.05, 0.1) is 4.90 Å². The molecule has 0 spiro atoms. The summed E-state index contributed by atoms with van der Waals surface area (Å²) in [6, 6.07) is 12.7. The summed E-state index contributed by atoms with van der Waals surface area (Å²) >= 11 is 0.834. The van der Waals surface area contributed by atoms with Crippen molar-refractivity contribution in [2.45, 2.75) is 11.8 Å². The molecule has 0 saturated carbocycles. The number of benzene rings is 2. The second-order valence-electron chi connectivity index (χ2n) is 3.91. The lowest BCUT2D eigenvalue weighted by Gasteiger charge is -2.03. The van der Waals surface area contributed by atoms with Crippen molar-refractivity contribution in [3.8, 4) is 17.2 Å². The molecule has 0 N–H and O–H groups in total. The molecule has 0 aromatic heterocycles. The molecule has 0 atom stereocenters. The van der Waals surface area contributed by atoms with Gasteiger partial charge in [0.1, 0.15) is 11.2 Å². The molecule has 0 radical (unpaired) electrons. The van der Waals surface area contributed by atoms with Crippen LogP contribution in [0.25, 0.3) is 0 Å². The lowest BCUT2D eigenvalue weighted by Crippen LogP contribution is -1.88. The van der Waals surface area contributed by atoms with Gasteiger partial charge < -0.3 is 0 Å². The van der Waals surface area contributed by atoms with Gasteiger partial charge in [0, 0.05) is 11.1 Å². The summed E-state index contributed by atoms with van der Waals surface area (Å²) in [6.45, 7) is 1.77. The predicted octanol–water partition coefficient (Wildman–Crippen LogP) is 4.11. The summed E-state index contributed by atoms with van der Waals surface area (Å²) in [4.78, 5) is 0.368. The van der Waals surface area contributed by atoms with E-state index in [1.807, 2.05) is 35.7 Å². The smallest absolute Gasteiger partial charge is 0.139 e. The fourth-order valence-corrected chi connectivity index (χ4v) is 2.11. The van der Waals surface area contributed by atoms with E-state index in [0.29, 0.717) is 10.5 Å². The Morgan fingerprint density at radius 2 is 1.74 bits per heavy atom. The first-order valence-corrected chi connectivity index (χ1v) is 6.45. The van der Waals surface area contributed by atoms with Crippen LogP contribution in [0.1, 0.15) is 16.7 Å². The van der Waals surface area contributed by atoms with E-state index < -0.39 is 5.82 Å². The van der Waals surface area contributed by atoms with Crippen LogP contribution in [0.2, 0.25) is 0 Å². The summed E-state index contributed by atoms with van der Waals surface area (Å²) < 4.78 is 13.8. The van der Waals surface area contributed by atoms with Crippen molar-refractivity contribution in [1.82, 2.24) is 0 Å². The summed E-state index contributed by atoms with van der Waals surface area (Å²) in [7, 11) is 0. The molecule has 2 aromatic carbocycles. The number of nitriles is 1. The lowest BCUT2D eigenvalue weighted by molar-refractivity contribution is 0.599. The van der Waals surface area contributed by atoms with E-state index in [1.165, 1.54) is 6.07 Å².